The Balaban J connectivity index is 1.90. The van der Waals surface area contributed by atoms with Crippen molar-refractivity contribution < 1.29 is 9.90 Å². The molecule has 5 heteroatoms. The van der Waals surface area contributed by atoms with Gasteiger partial charge in [-0.1, -0.05) is 6.92 Å². The molecule has 3 rings (SSSR count). The molecule has 1 aromatic heterocycles. The Morgan fingerprint density at radius 1 is 1.55 bits per heavy atom. The number of nitrogens with one attached hydrogen (secondary N) is 1. The summed E-state index contributed by atoms with van der Waals surface area (Å²) in [6, 6.07) is 5.04. The summed E-state index contributed by atoms with van der Waals surface area (Å²) in [5.41, 5.74) is 1.96. The number of hydrogen-bond donors (Lipinski definition) is 2. The molecule has 5 nitrogen and oxygen atoms in total. The summed E-state index contributed by atoms with van der Waals surface area (Å²) in [5.74, 6) is 0.503. The smallest absolute Gasteiger partial charge is 0.335 e. The van der Waals surface area contributed by atoms with Crippen LogP contribution in [0, 0.1) is 0 Å². The third-order valence-corrected chi connectivity index (χ3v) is 4.09. The van der Waals surface area contributed by atoms with Gasteiger partial charge in [0.2, 0.25) is 0 Å². The first-order valence-corrected chi connectivity index (χ1v) is 7.12. The highest BCUT2D eigenvalue weighted by atomic mass is 16.4. The van der Waals surface area contributed by atoms with Gasteiger partial charge < -0.3 is 15.0 Å². The van der Waals surface area contributed by atoms with Crippen molar-refractivity contribution in [2.75, 3.05) is 19.6 Å². The maximum Gasteiger partial charge on any atom is 0.335 e. The van der Waals surface area contributed by atoms with Crippen molar-refractivity contribution >= 4 is 17.0 Å². The maximum atomic E-state index is 11.0. The number of aromatic carboxylic acids is 1. The second kappa shape index (κ2) is 5.25. The number of imidazole rings is 1. The van der Waals surface area contributed by atoms with Gasteiger partial charge in [0.25, 0.3) is 0 Å². The number of carbonyl (C=O) groups is 1. The standard InChI is InChI=1S/C15H19N3O2/c1-2-18-7-3-4-11(9-18)14-16-12-6-5-10(15(19)20)8-13(12)17-14/h5-6,8,11H,2-4,7,9H2,1H3,(H,16,17)(H,19,20)/t11-/m1/s1. The summed E-state index contributed by atoms with van der Waals surface area (Å²) >= 11 is 0. The van der Waals surface area contributed by atoms with Crippen LogP contribution in [0.15, 0.2) is 18.2 Å². The van der Waals surface area contributed by atoms with Gasteiger partial charge in [0, 0.05) is 12.5 Å². The Labute approximate surface area is 117 Å². The number of H-pyrrole nitrogens is 1. The average molecular weight is 273 g/mol. The van der Waals surface area contributed by atoms with Crippen molar-refractivity contribution in [1.29, 1.82) is 0 Å². The number of likely N-dealkylation sites (N-methyl/N-ethyl adjacent to an activating group) is 1. The number of carboxylic acid groups (broad SMARTS) is 1. The fraction of sp³-hybridized carbons (Fsp3) is 0.467. The Hall–Kier alpha value is -1.88. The number of fused-ring (bicyclic) bond motifs is 1. The molecule has 20 heavy (non-hydrogen) atoms. The molecule has 2 aromatic rings. The highest BCUT2D eigenvalue weighted by Gasteiger charge is 2.23. The molecule has 0 bridgehead atoms. The van der Waals surface area contributed by atoms with Gasteiger partial charge in [-0.3, -0.25) is 0 Å². The number of benzene rings is 1. The first kappa shape index (κ1) is 13.1. The van der Waals surface area contributed by atoms with E-state index in [0.717, 1.165) is 42.9 Å². The predicted molar refractivity (Wildman–Crippen MR) is 77.1 cm³/mol. The fourth-order valence-corrected chi connectivity index (χ4v) is 2.92. The number of carboxylic acids is 1. The highest BCUT2D eigenvalue weighted by Crippen LogP contribution is 2.26. The maximum absolute atomic E-state index is 11.0. The third-order valence-electron chi connectivity index (χ3n) is 4.09. The molecule has 2 N–H and O–H groups in total. The van der Waals surface area contributed by atoms with Gasteiger partial charge in [0.05, 0.1) is 16.6 Å². The fourth-order valence-electron chi connectivity index (χ4n) is 2.92. The van der Waals surface area contributed by atoms with E-state index in [9.17, 15) is 4.79 Å². The monoisotopic (exact) mass is 273 g/mol. The van der Waals surface area contributed by atoms with Crippen LogP contribution in [0.1, 0.15) is 41.9 Å². The predicted octanol–water partition coefficient (Wildman–Crippen LogP) is 2.46. The Morgan fingerprint density at radius 3 is 3.15 bits per heavy atom. The zero-order valence-corrected chi connectivity index (χ0v) is 11.6. The highest BCUT2D eigenvalue weighted by molar-refractivity contribution is 5.92. The average Bonchev–Trinajstić information content (AvgIpc) is 2.90. The van der Waals surface area contributed by atoms with E-state index in [1.54, 1.807) is 18.2 Å². The van der Waals surface area contributed by atoms with Gasteiger partial charge in [0.15, 0.2) is 0 Å². The zero-order chi connectivity index (χ0) is 14.1. The number of aromatic amines is 1. The van der Waals surface area contributed by atoms with Crippen molar-refractivity contribution in [2.24, 2.45) is 0 Å². The summed E-state index contributed by atoms with van der Waals surface area (Å²) < 4.78 is 0. The van der Waals surface area contributed by atoms with Gasteiger partial charge >= 0.3 is 5.97 Å². The molecule has 0 aliphatic carbocycles. The molecule has 1 aliphatic rings. The lowest BCUT2D eigenvalue weighted by molar-refractivity contribution is 0.0697. The molecule has 0 radical (unpaired) electrons. The Kier molecular flexibility index (Phi) is 3.44. The Morgan fingerprint density at radius 2 is 2.40 bits per heavy atom. The molecule has 106 valence electrons. The van der Waals surface area contributed by atoms with Crippen molar-refractivity contribution in [3.05, 3.63) is 29.6 Å². The number of aromatic nitrogens is 2. The number of hydrogen-bond acceptors (Lipinski definition) is 3. The number of nitrogens with zero attached hydrogens (tertiary/aromatic N) is 2. The molecule has 1 atom stereocenters. The third kappa shape index (κ3) is 2.41. The zero-order valence-electron chi connectivity index (χ0n) is 11.6. The minimum absolute atomic E-state index is 0.298. The van der Waals surface area contributed by atoms with Gasteiger partial charge in [-0.2, -0.15) is 0 Å². The number of likely N-dealkylation sites (tertiary alicyclic amines) is 1. The van der Waals surface area contributed by atoms with E-state index >= 15 is 0 Å². The topological polar surface area (TPSA) is 69.2 Å². The minimum atomic E-state index is -0.905. The van der Waals surface area contributed by atoms with Crippen LogP contribution in [0.5, 0.6) is 0 Å². The van der Waals surface area contributed by atoms with Gasteiger partial charge in [-0.05, 0) is 44.1 Å². The molecule has 1 saturated heterocycles. The van der Waals surface area contributed by atoms with Gasteiger partial charge in [-0.25, -0.2) is 9.78 Å². The SMILES string of the molecule is CCN1CCC[C@@H](c2nc3ccc(C(=O)O)cc3[nH]2)C1. The summed E-state index contributed by atoms with van der Waals surface area (Å²) in [5, 5.41) is 9.03. The molecule has 0 spiro atoms. The van der Waals surface area contributed by atoms with E-state index in [1.807, 2.05) is 0 Å². The van der Waals surface area contributed by atoms with Gasteiger partial charge in [-0.15, -0.1) is 0 Å². The first-order chi connectivity index (χ1) is 9.67. The van der Waals surface area contributed by atoms with Crippen molar-refractivity contribution in [1.82, 2.24) is 14.9 Å². The van der Waals surface area contributed by atoms with Crippen molar-refractivity contribution in [3.8, 4) is 0 Å². The minimum Gasteiger partial charge on any atom is -0.478 e. The van der Waals surface area contributed by atoms with Crippen molar-refractivity contribution in [2.45, 2.75) is 25.7 Å². The van der Waals surface area contributed by atoms with Crippen LogP contribution in [0.4, 0.5) is 0 Å². The molecule has 2 heterocycles. The second-order valence-corrected chi connectivity index (χ2v) is 5.39. The summed E-state index contributed by atoms with van der Waals surface area (Å²) in [4.78, 5) is 21.4. The molecule has 0 saturated carbocycles. The second-order valence-electron chi connectivity index (χ2n) is 5.39. The van der Waals surface area contributed by atoms with Gasteiger partial charge in [0.1, 0.15) is 5.82 Å². The number of piperidine rings is 1. The van der Waals surface area contributed by atoms with Crippen LogP contribution in [-0.4, -0.2) is 45.6 Å². The largest absolute Gasteiger partial charge is 0.478 e. The van der Waals surface area contributed by atoms with E-state index in [-0.39, 0.29) is 0 Å². The lowest BCUT2D eigenvalue weighted by Crippen LogP contribution is -2.34. The lowest BCUT2D eigenvalue weighted by atomic mass is 9.97. The summed E-state index contributed by atoms with van der Waals surface area (Å²) in [6.07, 6.45) is 2.33. The molecular formula is C15H19N3O2. The van der Waals surface area contributed by atoms with Crippen molar-refractivity contribution in [3.63, 3.8) is 0 Å². The Bertz CT molecular complexity index is 635. The van der Waals surface area contributed by atoms with E-state index in [0.29, 0.717) is 11.5 Å². The van der Waals surface area contributed by atoms with E-state index in [2.05, 4.69) is 21.8 Å². The van der Waals surface area contributed by atoms with Crippen LogP contribution in [-0.2, 0) is 0 Å². The molecule has 0 unspecified atom stereocenters. The molecule has 1 fully saturated rings. The van der Waals surface area contributed by atoms with Crippen LogP contribution in [0.2, 0.25) is 0 Å². The van der Waals surface area contributed by atoms with Crippen LogP contribution in [0.25, 0.3) is 11.0 Å². The molecule has 1 aliphatic heterocycles. The van der Waals surface area contributed by atoms with E-state index in [4.69, 9.17) is 5.11 Å². The van der Waals surface area contributed by atoms with Crippen LogP contribution >= 0.6 is 0 Å². The summed E-state index contributed by atoms with van der Waals surface area (Å²) in [7, 11) is 0. The number of rotatable bonds is 3. The first-order valence-electron chi connectivity index (χ1n) is 7.12. The molecular weight excluding hydrogens is 254 g/mol. The van der Waals surface area contributed by atoms with Crippen LogP contribution < -0.4 is 0 Å². The molecule has 0 amide bonds. The lowest BCUT2D eigenvalue weighted by Gasteiger charge is -2.30. The molecule has 1 aromatic carbocycles. The van der Waals surface area contributed by atoms with E-state index in [1.165, 1.54) is 6.42 Å². The normalized spacial score (nSPS) is 20.4. The van der Waals surface area contributed by atoms with Crippen LogP contribution in [0.3, 0.4) is 0 Å². The summed E-state index contributed by atoms with van der Waals surface area (Å²) in [6.45, 7) is 5.44. The quantitative estimate of drug-likeness (QED) is 0.901. The van der Waals surface area contributed by atoms with E-state index < -0.39 is 5.97 Å².